The van der Waals surface area contributed by atoms with Gasteiger partial charge < -0.3 is 4.74 Å². The van der Waals surface area contributed by atoms with Crippen LogP contribution >= 0.6 is 11.8 Å². The summed E-state index contributed by atoms with van der Waals surface area (Å²) in [6, 6.07) is 18.2. The van der Waals surface area contributed by atoms with Gasteiger partial charge in [-0.25, -0.2) is 0 Å². The van der Waals surface area contributed by atoms with E-state index in [4.69, 9.17) is 10.00 Å². The molecule has 6 heteroatoms. The molecule has 3 rings (SSSR count). The Hall–Kier alpha value is -2.78. The number of aryl methyl sites for hydroxylation is 1. The number of nitrogens with zero attached hydrogens (tertiary/aromatic N) is 4. The molecule has 0 spiro atoms. The van der Waals surface area contributed by atoms with Crippen molar-refractivity contribution in [1.29, 1.82) is 5.26 Å². The first-order chi connectivity index (χ1) is 12.6. The summed E-state index contributed by atoms with van der Waals surface area (Å²) in [5.41, 5.74) is 3.08. The van der Waals surface area contributed by atoms with E-state index in [2.05, 4.69) is 35.3 Å². The zero-order valence-electron chi connectivity index (χ0n) is 15.0. The molecule has 5 nitrogen and oxygen atoms in total. The van der Waals surface area contributed by atoms with E-state index in [1.54, 1.807) is 0 Å². The van der Waals surface area contributed by atoms with E-state index >= 15 is 0 Å². The second-order valence-corrected chi connectivity index (χ2v) is 7.14. The average molecular weight is 364 g/mol. The van der Waals surface area contributed by atoms with Gasteiger partial charge in [0.15, 0.2) is 11.0 Å². The third-order valence-electron chi connectivity index (χ3n) is 3.78. The van der Waals surface area contributed by atoms with Crippen LogP contribution in [-0.4, -0.2) is 26.6 Å². The van der Waals surface area contributed by atoms with Crippen molar-refractivity contribution in [2.24, 2.45) is 0 Å². The molecule has 1 heterocycles. The van der Waals surface area contributed by atoms with Crippen molar-refractivity contribution in [2.75, 3.05) is 6.61 Å². The van der Waals surface area contributed by atoms with Gasteiger partial charge in [0, 0.05) is 11.3 Å². The summed E-state index contributed by atoms with van der Waals surface area (Å²) in [6.45, 7) is 6.49. The highest BCUT2D eigenvalue weighted by Gasteiger charge is 2.18. The molecule has 2 aromatic carbocycles. The zero-order valence-corrected chi connectivity index (χ0v) is 15.8. The van der Waals surface area contributed by atoms with Crippen molar-refractivity contribution in [1.82, 2.24) is 14.8 Å². The predicted octanol–water partition coefficient (Wildman–Crippen LogP) is 4.65. The van der Waals surface area contributed by atoms with Gasteiger partial charge in [-0.1, -0.05) is 35.5 Å². The van der Waals surface area contributed by atoms with Crippen molar-refractivity contribution in [3.8, 4) is 28.9 Å². The second-order valence-electron chi connectivity index (χ2n) is 5.83. The average Bonchev–Trinajstić information content (AvgIpc) is 3.06. The minimum atomic E-state index is -0.217. The van der Waals surface area contributed by atoms with Crippen molar-refractivity contribution in [3.63, 3.8) is 0 Å². The fourth-order valence-corrected chi connectivity index (χ4v) is 3.35. The van der Waals surface area contributed by atoms with Crippen LogP contribution in [0.1, 0.15) is 19.4 Å². The van der Waals surface area contributed by atoms with Crippen LogP contribution in [0, 0.1) is 18.3 Å². The van der Waals surface area contributed by atoms with Gasteiger partial charge >= 0.3 is 0 Å². The van der Waals surface area contributed by atoms with Crippen molar-refractivity contribution < 1.29 is 4.74 Å². The van der Waals surface area contributed by atoms with Crippen LogP contribution in [0.15, 0.2) is 53.7 Å². The number of hydrogen-bond acceptors (Lipinski definition) is 5. The van der Waals surface area contributed by atoms with Gasteiger partial charge in [-0.2, -0.15) is 5.26 Å². The Morgan fingerprint density at radius 1 is 1.19 bits per heavy atom. The maximum atomic E-state index is 9.17. The zero-order chi connectivity index (χ0) is 18.5. The van der Waals surface area contributed by atoms with Crippen LogP contribution in [-0.2, 0) is 0 Å². The van der Waals surface area contributed by atoms with Crippen molar-refractivity contribution in [2.45, 2.75) is 31.2 Å². The van der Waals surface area contributed by atoms with Crippen LogP contribution in [0.25, 0.3) is 17.1 Å². The molecule has 0 aliphatic carbocycles. The van der Waals surface area contributed by atoms with Gasteiger partial charge in [0.1, 0.15) is 5.75 Å². The van der Waals surface area contributed by atoms with Gasteiger partial charge in [-0.05, 0) is 51.1 Å². The smallest absolute Gasteiger partial charge is 0.197 e. The molecule has 132 valence electrons. The first-order valence-corrected chi connectivity index (χ1v) is 9.32. The molecule has 0 aliphatic rings. The molecule has 0 fully saturated rings. The highest BCUT2D eigenvalue weighted by molar-refractivity contribution is 8.00. The molecule has 0 saturated heterocycles. The molecule has 0 N–H and O–H groups in total. The Bertz CT molecular complexity index is 928. The summed E-state index contributed by atoms with van der Waals surface area (Å²) in [5.74, 6) is 1.58. The molecule has 0 saturated carbocycles. The minimum absolute atomic E-state index is 0.217. The monoisotopic (exact) mass is 364 g/mol. The Morgan fingerprint density at radius 2 is 1.96 bits per heavy atom. The summed E-state index contributed by atoms with van der Waals surface area (Å²) in [5, 5.41) is 18.4. The molecule has 3 aromatic rings. The Balaban J connectivity index is 2.10. The minimum Gasteiger partial charge on any atom is -0.494 e. The highest BCUT2D eigenvalue weighted by atomic mass is 32.2. The molecular weight excluding hydrogens is 344 g/mol. The summed E-state index contributed by atoms with van der Waals surface area (Å²) in [4.78, 5) is 0. The first kappa shape index (κ1) is 18.0. The molecule has 1 atom stereocenters. The lowest BCUT2D eigenvalue weighted by molar-refractivity contribution is 0.340. The van der Waals surface area contributed by atoms with Crippen LogP contribution in [0.5, 0.6) is 5.75 Å². The Kier molecular flexibility index (Phi) is 5.59. The van der Waals surface area contributed by atoms with Crippen molar-refractivity contribution >= 4 is 11.8 Å². The van der Waals surface area contributed by atoms with E-state index in [0.717, 1.165) is 28.4 Å². The van der Waals surface area contributed by atoms with Crippen LogP contribution < -0.4 is 4.74 Å². The van der Waals surface area contributed by atoms with E-state index in [-0.39, 0.29) is 5.25 Å². The highest BCUT2D eigenvalue weighted by Crippen LogP contribution is 2.30. The lowest BCUT2D eigenvalue weighted by atomic mass is 10.1. The topological polar surface area (TPSA) is 63.7 Å². The van der Waals surface area contributed by atoms with Crippen molar-refractivity contribution in [3.05, 3.63) is 54.1 Å². The fourth-order valence-electron chi connectivity index (χ4n) is 2.59. The van der Waals surface area contributed by atoms with Gasteiger partial charge in [0.05, 0.1) is 17.9 Å². The molecule has 0 radical (unpaired) electrons. The molecule has 26 heavy (non-hydrogen) atoms. The first-order valence-electron chi connectivity index (χ1n) is 8.44. The maximum Gasteiger partial charge on any atom is 0.197 e. The maximum absolute atomic E-state index is 9.17. The lowest BCUT2D eigenvalue weighted by Crippen LogP contribution is -2.02. The number of nitriles is 1. The molecule has 0 bridgehead atoms. The Morgan fingerprint density at radius 3 is 2.62 bits per heavy atom. The summed E-state index contributed by atoms with van der Waals surface area (Å²) >= 11 is 1.40. The van der Waals surface area contributed by atoms with Gasteiger partial charge in [-0.15, -0.1) is 10.2 Å². The van der Waals surface area contributed by atoms with Gasteiger partial charge in [0.25, 0.3) is 0 Å². The fraction of sp³-hybridized carbons (Fsp3) is 0.250. The van der Waals surface area contributed by atoms with E-state index < -0.39 is 0 Å². The molecule has 0 unspecified atom stereocenters. The quantitative estimate of drug-likeness (QED) is 0.596. The number of rotatable bonds is 6. The third-order valence-corrected chi connectivity index (χ3v) is 4.71. The number of aromatic nitrogens is 3. The SMILES string of the molecule is CCOc1ccc(-n2c(S[C@H](C)C#N)nnc2-c2cccc(C)c2)cc1. The largest absolute Gasteiger partial charge is 0.494 e. The van der Waals surface area contributed by atoms with Crippen LogP contribution in [0.4, 0.5) is 0 Å². The normalized spacial score (nSPS) is 11.8. The van der Waals surface area contributed by atoms with Gasteiger partial charge in [-0.3, -0.25) is 4.57 Å². The summed E-state index contributed by atoms with van der Waals surface area (Å²) < 4.78 is 7.52. The predicted molar refractivity (Wildman–Crippen MR) is 104 cm³/mol. The van der Waals surface area contributed by atoms with E-state index in [1.165, 1.54) is 11.8 Å². The molecule has 0 aliphatic heterocycles. The van der Waals surface area contributed by atoms with Crippen LogP contribution in [0.3, 0.4) is 0 Å². The molecular formula is C20H20N4OS. The summed E-state index contributed by atoms with van der Waals surface area (Å²) in [7, 11) is 0. The molecule has 0 amide bonds. The van der Waals surface area contributed by atoms with Gasteiger partial charge in [0.2, 0.25) is 0 Å². The standard InChI is InChI=1S/C20H20N4OS/c1-4-25-18-10-8-17(9-11-18)24-19(16-7-5-6-14(2)12-16)22-23-20(24)26-15(3)13-21/h5-12,15H,4H2,1-3H3/t15-/m1/s1. The summed E-state index contributed by atoms with van der Waals surface area (Å²) in [6.07, 6.45) is 0. The number of thioether (sulfide) groups is 1. The van der Waals surface area contributed by atoms with Crippen LogP contribution in [0.2, 0.25) is 0 Å². The molecule has 1 aromatic heterocycles. The number of benzene rings is 2. The second kappa shape index (κ2) is 8.07. The lowest BCUT2D eigenvalue weighted by Gasteiger charge is -2.12. The van der Waals surface area contributed by atoms with E-state index in [9.17, 15) is 0 Å². The van der Waals surface area contributed by atoms with E-state index in [1.807, 2.05) is 54.8 Å². The Labute approximate surface area is 157 Å². The third kappa shape index (κ3) is 3.89. The van der Waals surface area contributed by atoms with E-state index in [0.29, 0.717) is 11.8 Å². The number of ether oxygens (including phenoxy) is 1. The number of hydrogen-bond donors (Lipinski definition) is 0.